The first kappa shape index (κ1) is 15.7. The van der Waals surface area contributed by atoms with Crippen molar-refractivity contribution in [2.75, 3.05) is 17.2 Å². The zero-order valence-corrected chi connectivity index (χ0v) is 13.1. The zero-order chi connectivity index (χ0) is 14.5. The van der Waals surface area contributed by atoms with Crippen molar-refractivity contribution in [3.8, 4) is 0 Å². The SMILES string of the molecule is CCCNc1nc(NC2CCCCC2O)c(Cl)cc1Cl. The van der Waals surface area contributed by atoms with Crippen molar-refractivity contribution in [3.63, 3.8) is 0 Å². The lowest BCUT2D eigenvalue weighted by Crippen LogP contribution is -2.36. The van der Waals surface area contributed by atoms with Gasteiger partial charge in [0.05, 0.1) is 22.2 Å². The predicted octanol–water partition coefficient (Wildman–Crippen LogP) is 3.93. The van der Waals surface area contributed by atoms with Gasteiger partial charge in [-0.05, 0) is 25.3 Å². The Kier molecular flexibility index (Phi) is 5.75. The van der Waals surface area contributed by atoms with Crippen LogP contribution in [0.2, 0.25) is 10.0 Å². The second-order valence-corrected chi connectivity index (χ2v) is 5.99. The van der Waals surface area contributed by atoms with Crippen LogP contribution in [0.3, 0.4) is 0 Å². The van der Waals surface area contributed by atoms with Crippen LogP contribution in [0.5, 0.6) is 0 Å². The van der Waals surface area contributed by atoms with Crippen molar-refractivity contribution >= 4 is 34.8 Å². The molecule has 1 heterocycles. The minimum Gasteiger partial charge on any atom is -0.391 e. The molecule has 3 N–H and O–H groups in total. The van der Waals surface area contributed by atoms with Crippen molar-refractivity contribution in [3.05, 3.63) is 16.1 Å². The molecular weight excluding hydrogens is 297 g/mol. The molecule has 1 aromatic heterocycles. The standard InChI is InChI=1S/C14H21Cl2N3O/c1-2-7-17-13-9(15)8-10(16)14(19-13)18-11-5-3-4-6-12(11)20/h8,11-12,20H,2-7H2,1H3,(H2,17,18,19). The highest BCUT2D eigenvalue weighted by molar-refractivity contribution is 6.37. The molecule has 1 fully saturated rings. The van der Waals surface area contributed by atoms with Crippen LogP contribution in [0.15, 0.2) is 6.07 Å². The van der Waals surface area contributed by atoms with E-state index >= 15 is 0 Å². The molecule has 0 amide bonds. The lowest BCUT2D eigenvalue weighted by atomic mass is 9.92. The highest BCUT2D eigenvalue weighted by Crippen LogP contribution is 2.31. The maximum atomic E-state index is 10.0. The Labute approximate surface area is 129 Å². The zero-order valence-electron chi connectivity index (χ0n) is 11.6. The first-order chi connectivity index (χ1) is 9.61. The molecule has 112 valence electrons. The molecule has 0 bridgehead atoms. The summed E-state index contributed by atoms with van der Waals surface area (Å²) in [5, 5.41) is 17.4. The number of hydrogen-bond acceptors (Lipinski definition) is 4. The number of halogens is 2. The van der Waals surface area contributed by atoms with Gasteiger partial charge in [0.15, 0.2) is 0 Å². The molecule has 1 aromatic rings. The molecule has 1 aliphatic rings. The summed E-state index contributed by atoms with van der Waals surface area (Å²) in [7, 11) is 0. The van der Waals surface area contributed by atoms with E-state index in [9.17, 15) is 5.11 Å². The normalized spacial score (nSPS) is 22.6. The van der Waals surface area contributed by atoms with Crippen molar-refractivity contribution in [1.82, 2.24) is 4.98 Å². The van der Waals surface area contributed by atoms with E-state index in [0.29, 0.717) is 21.7 Å². The van der Waals surface area contributed by atoms with Gasteiger partial charge < -0.3 is 15.7 Å². The summed E-state index contributed by atoms with van der Waals surface area (Å²) in [6, 6.07) is 1.69. The molecule has 1 saturated carbocycles. The highest BCUT2D eigenvalue weighted by Gasteiger charge is 2.24. The van der Waals surface area contributed by atoms with Gasteiger partial charge in [0.2, 0.25) is 0 Å². The van der Waals surface area contributed by atoms with E-state index in [2.05, 4.69) is 22.5 Å². The molecule has 6 heteroatoms. The molecule has 2 unspecified atom stereocenters. The minimum atomic E-state index is -0.343. The van der Waals surface area contributed by atoms with E-state index in [4.69, 9.17) is 23.2 Å². The van der Waals surface area contributed by atoms with E-state index in [1.165, 1.54) is 0 Å². The van der Waals surface area contributed by atoms with Crippen LogP contribution in [0, 0.1) is 0 Å². The van der Waals surface area contributed by atoms with Crippen LogP contribution < -0.4 is 10.6 Å². The average molecular weight is 318 g/mol. The topological polar surface area (TPSA) is 57.2 Å². The second-order valence-electron chi connectivity index (χ2n) is 5.18. The van der Waals surface area contributed by atoms with E-state index in [0.717, 1.165) is 38.6 Å². The van der Waals surface area contributed by atoms with Crippen LogP contribution in [0.4, 0.5) is 11.6 Å². The van der Waals surface area contributed by atoms with Gasteiger partial charge in [-0.1, -0.05) is 43.0 Å². The molecule has 0 aromatic carbocycles. The molecule has 0 saturated heterocycles. The van der Waals surface area contributed by atoms with Crippen LogP contribution in [0.1, 0.15) is 39.0 Å². The number of nitrogens with one attached hydrogen (secondary N) is 2. The maximum Gasteiger partial charge on any atom is 0.147 e. The van der Waals surface area contributed by atoms with Gasteiger partial charge >= 0.3 is 0 Å². The average Bonchev–Trinajstić information content (AvgIpc) is 2.43. The number of hydrogen-bond donors (Lipinski definition) is 3. The first-order valence-electron chi connectivity index (χ1n) is 7.16. The van der Waals surface area contributed by atoms with E-state index in [1.54, 1.807) is 6.07 Å². The molecule has 2 rings (SSSR count). The Hall–Kier alpha value is -0.710. The van der Waals surface area contributed by atoms with Gasteiger partial charge in [-0.3, -0.25) is 0 Å². The molecule has 4 nitrogen and oxygen atoms in total. The quantitative estimate of drug-likeness (QED) is 0.770. The van der Waals surface area contributed by atoms with Gasteiger partial charge in [0.25, 0.3) is 0 Å². The molecule has 2 atom stereocenters. The smallest absolute Gasteiger partial charge is 0.147 e. The van der Waals surface area contributed by atoms with Crippen molar-refractivity contribution < 1.29 is 5.11 Å². The summed E-state index contributed by atoms with van der Waals surface area (Å²) in [5.74, 6) is 1.21. The number of nitrogens with zero attached hydrogens (tertiary/aromatic N) is 1. The fourth-order valence-corrected chi connectivity index (χ4v) is 2.87. The third-order valence-electron chi connectivity index (χ3n) is 3.52. The Morgan fingerprint density at radius 2 is 1.95 bits per heavy atom. The molecule has 0 spiro atoms. The van der Waals surface area contributed by atoms with E-state index in [-0.39, 0.29) is 12.1 Å². The van der Waals surface area contributed by atoms with E-state index < -0.39 is 0 Å². The summed E-state index contributed by atoms with van der Waals surface area (Å²) >= 11 is 12.3. The molecule has 0 aliphatic heterocycles. The third-order valence-corrected chi connectivity index (χ3v) is 4.10. The Balaban J connectivity index is 2.13. The first-order valence-corrected chi connectivity index (χ1v) is 7.92. The minimum absolute atomic E-state index is 0.00829. The highest BCUT2D eigenvalue weighted by atomic mass is 35.5. The van der Waals surface area contributed by atoms with Gasteiger partial charge in [-0.15, -0.1) is 0 Å². The summed E-state index contributed by atoms with van der Waals surface area (Å²) < 4.78 is 0. The Morgan fingerprint density at radius 1 is 1.25 bits per heavy atom. The van der Waals surface area contributed by atoms with E-state index in [1.807, 2.05) is 0 Å². The predicted molar refractivity (Wildman–Crippen MR) is 84.9 cm³/mol. The maximum absolute atomic E-state index is 10.0. The number of anilines is 2. The number of pyridine rings is 1. The molecule has 1 aliphatic carbocycles. The number of aliphatic hydroxyl groups excluding tert-OH is 1. The Bertz CT molecular complexity index is 456. The molecule has 20 heavy (non-hydrogen) atoms. The van der Waals surface area contributed by atoms with Gasteiger partial charge in [-0.2, -0.15) is 0 Å². The van der Waals surface area contributed by atoms with Gasteiger partial charge in [0.1, 0.15) is 11.6 Å². The number of aliphatic hydroxyl groups is 1. The fourth-order valence-electron chi connectivity index (χ4n) is 2.39. The summed E-state index contributed by atoms with van der Waals surface area (Å²) in [4.78, 5) is 4.44. The van der Waals surface area contributed by atoms with Crippen LogP contribution in [-0.4, -0.2) is 28.8 Å². The largest absolute Gasteiger partial charge is 0.391 e. The molecule has 0 radical (unpaired) electrons. The summed E-state index contributed by atoms with van der Waals surface area (Å²) in [5.41, 5.74) is 0. The second kappa shape index (κ2) is 7.34. The van der Waals surface area contributed by atoms with Crippen LogP contribution in [0.25, 0.3) is 0 Å². The number of aromatic nitrogens is 1. The Morgan fingerprint density at radius 3 is 2.65 bits per heavy atom. The van der Waals surface area contributed by atoms with Crippen molar-refractivity contribution in [2.45, 2.75) is 51.2 Å². The summed E-state index contributed by atoms with van der Waals surface area (Å²) in [6.07, 6.45) is 4.59. The van der Waals surface area contributed by atoms with Crippen LogP contribution >= 0.6 is 23.2 Å². The fraction of sp³-hybridized carbons (Fsp3) is 0.643. The third kappa shape index (κ3) is 3.90. The van der Waals surface area contributed by atoms with Crippen molar-refractivity contribution in [2.24, 2.45) is 0 Å². The number of rotatable bonds is 5. The van der Waals surface area contributed by atoms with Gasteiger partial charge in [-0.25, -0.2) is 4.98 Å². The van der Waals surface area contributed by atoms with Gasteiger partial charge in [0, 0.05) is 6.54 Å². The lowest BCUT2D eigenvalue weighted by Gasteiger charge is -2.29. The molecular formula is C14H21Cl2N3O. The summed E-state index contributed by atoms with van der Waals surface area (Å²) in [6.45, 7) is 2.88. The van der Waals surface area contributed by atoms with Crippen LogP contribution in [-0.2, 0) is 0 Å². The van der Waals surface area contributed by atoms with Crippen molar-refractivity contribution in [1.29, 1.82) is 0 Å². The lowest BCUT2D eigenvalue weighted by molar-refractivity contribution is 0.116. The monoisotopic (exact) mass is 317 g/mol.